The highest BCUT2D eigenvalue weighted by molar-refractivity contribution is 5.92. The Morgan fingerprint density at radius 2 is 1.96 bits per heavy atom. The van der Waals surface area contributed by atoms with Gasteiger partial charge in [0.2, 0.25) is 0 Å². The molecule has 0 atom stereocenters. The van der Waals surface area contributed by atoms with Gasteiger partial charge in [0, 0.05) is 18.3 Å². The maximum atomic E-state index is 12.0. The predicted molar refractivity (Wildman–Crippen MR) is 90.2 cm³/mol. The summed E-state index contributed by atoms with van der Waals surface area (Å²) < 4.78 is 5.40. The molecule has 6 nitrogen and oxygen atoms in total. The van der Waals surface area contributed by atoms with Gasteiger partial charge < -0.3 is 15.4 Å². The van der Waals surface area contributed by atoms with E-state index in [-0.39, 0.29) is 5.91 Å². The summed E-state index contributed by atoms with van der Waals surface area (Å²) in [6.45, 7) is 5.31. The van der Waals surface area contributed by atoms with Crippen molar-refractivity contribution in [3.8, 4) is 5.75 Å². The molecular weight excluding hydrogens is 292 g/mol. The number of nitrogens with one attached hydrogen (secondary N) is 2. The Morgan fingerprint density at radius 3 is 2.65 bits per heavy atom. The molecule has 2 aromatic rings. The quantitative estimate of drug-likeness (QED) is 0.732. The lowest BCUT2D eigenvalue weighted by Crippen LogP contribution is -2.25. The van der Waals surface area contributed by atoms with Crippen molar-refractivity contribution in [3.63, 3.8) is 0 Å². The van der Waals surface area contributed by atoms with Crippen LogP contribution < -0.4 is 15.4 Å². The maximum Gasteiger partial charge on any atom is 0.270 e. The highest BCUT2D eigenvalue weighted by Crippen LogP contribution is 2.19. The van der Waals surface area contributed by atoms with Crippen molar-refractivity contribution in [3.05, 3.63) is 42.4 Å². The van der Waals surface area contributed by atoms with Crippen molar-refractivity contribution in [2.24, 2.45) is 0 Å². The minimum absolute atomic E-state index is 0.185. The van der Waals surface area contributed by atoms with Crippen LogP contribution in [0.15, 0.2) is 36.7 Å². The molecule has 0 aliphatic carbocycles. The van der Waals surface area contributed by atoms with Crippen molar-refractivity contribution >= 4 is 17.4 Å². The van der Waals surface area contributed by atoms with E-state index < -0.39 is 0 Å². The minimum Gasteiger partial charge on any atom is -0.494 e. The molecule has 0 saturated carbocycles. The zero-order valence-corrected chi connectivity index (χ0v) is 13.5. The Hall–Kier alpha value is -2.63. The smallest absolute Gasteiger partial charge is 0.270 e. The number of rotatable bonds is 8. The van der Waals surface area contributed by atoms with E-state index >= 15 is 0 Å². The van der Waals surface area contributed by atoms with E-state index in [4.69, 9.17) is 4.74 Å². The number of benzene rings is 1. The van der Waals surface area contributed by atoms with E-state index in [1.807, 2.05) is 31.2 Å². The molecule has 122 valence electrons. The lowest BCUT2D eigenvalue weighted by molar-refractivity contribution is 0.0948. The van der Waals surface area contributed by atoms with Crippen molar-refractivity contribution in [1.29, 1.82) is 0 Å². The fourth-order valence-electron chi connectivity index (χ4n) is 1.97. The molecule has 0 aliphatic rings. The zero-order chi connectivity index (χ0) is 16.5. The zero-order valence-electron chi connectivity index (χ0n) is 13.5. The Kier molecular flexibility index (Phi) is 6.35. The van der Waals surface area contributed by atoms with Crippen molar-refractivity contribution < 1.29 is 9.53 Å². The third-order valence-electron chi connectivity index (χ3n) is 3.15. The summed E-state index contributed by atoms with van der Waals surface area (Å²) >= 11 is 0. The Labute approximate surface area is 136 Å². The van der Waals surface area contributed by atoms with Crippen LogP contribution in [0.4, 0.5) is 11.5 Å². The third kappa shape index (κ3) is 5.25. The Balaban J connectivity index is 2.00. The van der Waals surface area contributed by atoms with Gasteiger partial charge in [-0.2, -0.15) is 0 Å². The summed E-state index contributed by atoms with van der Waals surface area (Å²) in [6, 6.07) is 9.19. The molecule has 0 radical (unpaired) electrons. The van der Waals surface area contributed by atoms with Crippen LogP contribution in [0.2, 0.25) is 0 Å². The molecule has 2 rings (SSSR count). The van der Waals surface area contributed by atoms with Crippen molar-refractivity contribution in [2.75, 3.05) is 18.5 Å². The van der Waals surface area contributed by atoms with Crippen LogP contribution in [0.25, 0.3) is 0 Å². The molecule has 0 bridgehead atoms. The first-order valence-electron chi connectivity index (χ1n) is 7.83. The molecular formula is C17H22N4O2. The van der Waals surface area contributed by atoms with Crippen LogP contribution in [-0.4, -0.2) is 29.0 Å². The first kappa shape index (κ1) is 16.7. The van der Waals surface area contributed by atoms with Gasteiger partial charge >= 0.3 is 0 Å². The van der Waals surface area contributed by atoms with Gasteiger partial charge in [-0.1, -0.05) is 13.3 Å². The molecule has 1 aromatic heterocycles. The molecule has 2 N–H and O–H groups in total. The summed E-state index contributed by atoms with van der Waals surface area (Å²) in [5.41, 5.74) is 1.22. The van der Waals surface area contributed by atoms with Gasteiger partial charge in [-0.05, 0) is 37.6 Å². The second-order valence-corrected chi connectivity index (χ2v) is 4.98. The fourth-order valence-corrected chi connectivity index (χ4v) is 1.97. The average molecular weight is 314 g/mol. The number of carbonyl (C=O) groups excluding carboxylic acids is 1. The highest BCUT2D eigenvalue weighted by atomic mass is 16.5. The summed E-state index contributed by atoms with van der Waals surface area (Å²) in [5.74, 6) is 1.21. The van der Waals surface area contributed by atoms with E-state index in [0.29, 0.717) is 24.7 Å². The standard InChI is InChI=1S/C17H22N4O2/c1-3-5-10-18-17(22)15-11-16(20-12-19-15)21-13-6-8-14(9-7-13)23-4-2/h6-9,11-12H,3-5,10H2,1-2H3,(H,18,22)(H,19,20,21). The van der Waals surface area contributed by atoms with Crippen LogP contribution in [-0.2, 0) is 0 Å². The SMILES string of the molecule is CCCCNC(=O)c1cc(Nc2ccc(OCC)cc2)ncn1. The van der Waals surface area contributed by atoms with Crippen LogP contribution in [0.1, 0.15) is 37.2 Å². The normalized spacial score (nSPS) is 10.2. The molecule has 0 fully saturated rings. The molecule has 1 amide bonds. The minimum atomic E-state index is -0.185. The monoisotopic (exact) mass is 314 g/mol. The lowest BCUT2D eigenvalue weighted by atomic mass is 10.3. The van der Waals surface area contributed by atoms with Gasteiger partial charge in [0.1, 0.15) is 23.6 Å². The molecule has 6 heteroatoms. The molecule has 0 unspecified atom stereocenters. The average Bonchev–Trinajstić information content (AvgIpc) is 2.57. The number of carbonyl (C=O) groups is 1. The second-order valence-electron chi connectivity index (χ2n) is 4.98. The number of aromatic nitrogens is 2. The molecule has 1 heterocycles. The van der Waals surface area contributed by atoms with Gasteiger partial charge in [-0.25, -0.2) is 9.97 Å². The Bertz CT molecular complexity index is 629. The summed E-state index contributed by atoms with van der Waals surface area (Å²) in [7, 11) is 0. The van der Waals surface area contributed by atoms with Crippen molar-refractivity contribution in [2.45, 2.75) is 26.7 Å². The molecule has 0 spiro atoms. The number of anilines is 2. The second kappa shape index (κ2) is 8.73. The number of ether oxygens (including phenoxy) is 1. The molecule has 1 aromatic carbocycles. The first-order chi connectivity index (χ1) is 11.2. The van der Waals surface area contributed by atoms with Crippen LogP contribution >= 0.6 is 0 Å². The van der Waals surface area contributed by atoms with Gasteiger partial charge in [0.05, 0.1) is 6.61 Å². The van der Waals surface area contributed by atoms with Gasteiger partial charge in [-0.3, -0.25) is 4.79 Å². The van der Waals surface area contributed by atoms with Gasteiger partial charge in [-0.15, -0.1) is 0 Å². The maximum absolute atomic E-state index is 12.0. The number of amides is 1. The number of hydrogen-bond donors (Lipinski definition) is 2. The summed E-state index contributed by atoms with van der Waals surface area (Å²) in [5, 5.41) is 5.99. The Morgan fingerprint density at radius 1 is 1.17 bits per heavy atom. The van der Waals surface area contributed by atoms with E-state index in [1.165, 1.54) is 6.33 Å². The topological polar surface area (TPSA) is 76.1 Å². The van der Waals surface area contributed by atoms with Gasteiger partial charge in [0.25, 0.3) is 5.91 Å². The van der Waals surface area contributed by atoms with E-state index in [0.717, 1.165) is 24.3 Å². The van der Waals surface area contributed by atoms with E-state index in [9.17, 15) is 4.79 Å². The van der Waals surface area contributed by atoms with E-state index in [2.05, 4.69) is 27.5 Å². The third-order valence-corrected chi connectivity index (χ3v) is 3.15. The van der Waals surface area contributed by atoms with Crippen LogP contribution in [0.5, 0.6) is 5.75 Å². The lowest BCUT2D eigenvalue weighted by Gasteiger charge is -2.08. The predicted octanol–water partition coefficient (Wildman–Crippen LogP) is 3.15. The molecule has 0 saturated heterocycles. The van der Waals surface area contributed by atoms with Crippen molar-refractivity contribution in [1.82, 2.24) is 15.3 Å². The van der Waals surface area contributed by atoms with Crippen LogP contribution in [0.3, 0.4) is 0 Å². The fraction of sp³-hybridized carbons (Fsp3) is 0.353. The number of hydrogen-bond acceptors (Lipinski definition) is 5. The molecule has 0 aliphatic heterocycles. The summed E-state index contributed by atoms with van der Waals surface area (Å²) in [4.78, 5) is 20.1. The highest BCUT2D eigenvalue weighted by Gasteiger charge is 2.08. The largest absolute Gasteiger partial charge is 0.494 e. The number of unbranched alkanes of at least 4 members (excludes halogenated alkanes) is 1. The first-order valence-corrected chi connectivity index (χ1v) is 7.83. The van der Waals surface area contributed by atoms with E-state index in [1.54, 1.807) is 6.07 Å². The summed E-state index contributed by atoms with van der Waals surface area (Å²) in [6.07, 6.45) is 3.37. The van der Waals surface area contributed by atoms with Crippen LogP contribution in [0, 0.1) is 0 Å². The van der Waals surface area contributed by atoms with Gasteiger partial charge in [0.15, 0.2) is 0 Å². The molecule has 23 heavy (non-hydrogen) atoms. The number of nitrogens with zero attached hydrogens (tertiary/aromatic N) is 2.